The fourth-order valence-electron chi connectivity index (χ4n) is 10.8. The molecular weight excluding hydrogens is 440 g/mol. The second kappa shape index (κ2) is 7.69. The molecule has 4 saturated carbocycles. The fourth-order valence-corrected chi connectivity index (χ4v) is 10.8. The summed E-state index contributed by atoms with van der Waals surface area (Å²) < 4.78 is 6.21. The van der Waals surface area contributed by atoms with Crippen LogP contribution < -0.4 is 0 Å². The van der Waals surface area contributed by atoms with Gasteiger partial charge in [0.25, 0.3) is 0 Å². The van der Waals surface area contributed by atoms with Crippen molar-refractivity contribution >= 4 is 11.9 Å². The Morgan fingerprint density at radius 2 is 1.69 bits per heavy atom. The number of allylic oxidation sites excluding steroid dienone is 2. The number of rotatable bonds is 3. The number of aliphatic hydroxyl groups excluding tert-OH is 1. The zero-order valence-corrected chi connectivity index (χ0v) is 22.2. The fraction of sp³-hybridized carbons (Fsp3) is 0.800. The van der Waals surface area contributed by atoms with Gasteiger partial charge in [0.05, 0.1) is 17.9 Å². The van der Waals surface area contributed by atoms with Gasteiger partial charge in [-0.2, -0.15) is 0 Å². The number of aliphatic hydroxyl groups is 1. The number of carbonyl (C=O) groups is 2. The second-order valence-electron chi connectivity index (χ2n) is 13.7. The molecule has 0 radical (unpaired) electrons. The molecule has 3 unspecified atom stereocenters. The highest BCUT2D eigenvalue weighted by atomic mass is 16.5. The predicted molar refractivity (Wildman–Crippen MR) is 134 cm³/mol. The van der Waals surface area contributed by atoms with Crippen molar-refractivity contribution in [3.63, 3.8) is 0 Å². The standard InChI is InChI=1S/C30H44O5/c1-16(2)18-8-11-30(26(33)34)13-12-27(5)20(24(18)30)14-21-25-28(27,6)10-9-19(17(3)4)29(25,7)22(31)15-23(32)35-21/h18-22,24-25,31H,1,3,8-15H2,2,4-7H3,(H,33,34)/t18?,19?,20-,21+,22?,24+,25-,27-,28-,29-,30-/m0/s1. The SMILES string of the molecule is C=C(C)C1CC[C@]2(C(=O)O)CC[C@@]3(C)[C@@H](C[C@H]4OC(=O)CC(O)[C@]5(C)C(C(=C)C)CC[C@@]3(C)[C@H]45)[C@@H]12. The molecule has 0 aromatic carbocycles. The summed E-state index contributed by atoms with van der Waals surface area (Å²) in [7, 11) is 0. The normalized spacial score (nSPS) is 52.9. The molecule has 0 amide bonds. The van der Waals surface area contributed by atoms with Gasteiger partial charge in [0, 0.05) is 11.3 Å². The van der Waals surface area contributed by atoms with Crippen molar-refractivity contribution in [1.29, 1.82) is 0 Å². The monoisotopic (exact) mass is 484 g/mol. The average molecular weight is 485 g/mol. The van der Waals surface area contributed by atoms with E-state index in [-0.39, 0.29) is 58.9 Å². The quantitative estimate of drug-likeness (QED) is 0.392. The van der Waals surface area contributed by atoms with Crippen molar-refractivity contribution in [2.24, 2.45) is 51.2 Å². The number of aliphatic carboxylic acids is 1. The first-order valence-electron chi connectivity index (χ1n) is 13.7. The Labute approximate surface area is 210 Å². The molecule has 0 aromatic heterocycles. The highest BCUT2D eigenvalue weighted by molar-refractivity contribution is 5.76. The lowest BCUT2D eigenvalue weighted by Crippen LogP contribution is -2.69. The minimum Gasteiger partial charge on any atom is -0.481 e. The number of carbonyl (C=O) groups excluding carboxylic acids is 1. The lowest BCUT2D eigenvalue weighted by Gasteiger charge is -2.71. The molecule has 0 bridgehead atoms. The largest absolute Gasteiger partial charge is 0.481 e. The van der Waals surface area contributed by atoms with Gasteiger partial charge in [0.15, 0.2) is 0 Å². The summed E-state index contributed by atoms with van der Waals surface area (Å²) in [6.07, 6.45) is 4.64. The predicted octanol–water partition coefficient (Wildman–Crippen LogP) is 5.77. The van der Waals surface area contributed by atoms with E-state index in [0.29, 0.717) is 19.3 Å². The zero-order valence-electron chi connectivity index (χ0n) is 22.2. The van der Waals surface area contributed by atoms with E-state index in [2.05, 4.69) is 47.8 Å². The van der Waals surface area contributed by atoms with Gasteiger partial charge in [0.2, 0.25) is 0 Å². The Balaban J connectivity index is 1.69. The van der Waals surface area contributed by atoms with Crippen LogP contribution in [0.2, 0.25) is 0 Å². The van der Waals surface area contributed by atoms with Crippen molar-refractivity contribution in [1.82, 2.24) is 0 Å². The summed E-state index contributed by atoms with van der Waals surface area (Å²) in [6, 6.07) is 0. The average Bonchev–Trinajstić information content (AvgIpc) is 3.12. The topological polar surface area (TPSA) is 83.8 Å². The number of carboxylic acids is 1. The van der Waals surface area contributed by atoms with Crippen molar-refractivity contribution in [3.05, 3.63) is 24.3 Å². The molecule has 1 heterocycles. The van der Waals surface area contributed by atoms with Crippen molar-refractivity contribution in [2.75, 3.05) is 0 Å². The van der Waals surface area contributed by atoms with Gasteiger partial charge < -0.3 is 14.9 Å². The van der Waals surface area contributed by atoms with E-state index in [0.717, 1.165) is 36.8 Å². The maximum Gasteiger partial charge on any atom is 0.309 e. The number of carboxylic acid groups (broad SMARTS) is 1. The zero-order chi connectivity index (χ0) is 25.7. The Morgan fingerprint density at radius 1 is 1.00 bits per heavy atom. The summed E-state index contributed by atoms with van der Waals surface area (Å²) in [4.78, 5) is 25.8. The summed E-state index contributed by atoms with van der Waals surface area (Å²) >= 11 is 0. The molecule has 5 fully saturated rings. The first-order chi connectivity index (χ1) is 16.2. The molecule has 0 spiro atoms. The molecule has 2 N–H and O–H groups in total. The van der Waals surface area contributed by atoms with Crippen LogP contribution in [0.15, 0.2) is 24.3 Å². The first kappa shape index (κ1) is 25.0. The minimum atomic E-state index is -0.775. The maximum atomic E-state index is 13.0. The minimum absolute atomic E-state index is 0.00558. The molecule has 35 heavy (non-hydrogen) atoms. The van der Waals surface area contributed by atoms with Crippen molar-refractivity contribution < 1.29 is 24.5 Å². The van der Waals surface area contributed by atoms with Gasteiger partial charge in [-0.1, -0.05) is 45.1 Å². The summed E-state index contributed by atoms with van der Waals surface area (Å²) in [5.41, 5.74) is 0.644. The Morgan fingerprint density at radius 3 is 2.29 bits per heavy atom. The van der Waals surface area contributed by atoms with Gasteiger partial charge in [-0.15, -0.1) is 0 Å². The molecule has 5 aliphatic rings. The van der Waals surface area contributed by atoms with Crippen LogP contribution in [0.25, 0.3) is 0 Å². The lowest BCUT2D eigenvalue weighted by molar-refractivity contribution is -0.259. The molecule has 4 aliphatic carbocycles. The van der Waals surface area contributed by atoms with Crippen LogP contribution in [0.1, 0.15) is 86.0 Å². The van der Waals surface area contributed by atoms with Gasteiger partial charge >= 0.3 is 11.9 Å². The number of ether oxygens (including phenoxy) is 1. The molecule has 1 aliphatic heterocycles. The maximum absolute atomic E-state index is 13.0. The van der Waals surface area contributed by atoms with Gasteiger partial charge in [-0.05, 0) is 93.3 Å². The van der Waals surface area contributed by atoms with E-state index in [1.54, 1.807) is 0 Å². The van der Waals surface area contributed by atoms with Crippen LogP contribution in [-0.2, 0) is 14.3 Å². The molecule has 5 heteroatoms. The summed E-state index contributed by atoms with van der Waals surface area (Å²) in [6.45, 7) is 19.7. The molecule has 0 aromatic rings. The molecule has 5 rings (SSSR count). The molecule has 194 valence electrons. The van der Waals surface area contributed by atoms with Crippen LogP contribution in [0, 0.1) is 51.2 Å². The van der Waals surface area contributed by atoms with Gasteiger partial charge in [-0.25, -0.2) is 0 Å². The van der Waals surface area contributed by atoms with Gasteiger partial charge in [-0.3, -0.25) is 9.59 Å². The number of hydrogen-bond acceptors (Lipinski definition) is 4. The van der Waals surface area contributed by atoms with Crippen LogP contribution in [0.5, 0.6) is 0 Å². The summed E-state index contributed by atoms with van der Waals surface area (Å²) in [5.74, 6) is -0.528. The third kappa shape index (κ3) is 2.97. The number of fused-ring (bicyclic) bond motifs is 4. The Kier molecular flexibility index (Phi) is 5.51. The highest BCUT2D eigenvalue weighted by Gasteiger charge is 2.74. The van der Waals surface area contributed by atoms with E-state index < -0.39 is 22.9 Å². The number of hydrogen-bond donors (Lipinski definition) is 2. The highest BCUT2D eigenvalue weighted by Crippen LogP contribution is 2.76. The smallest absolute Gasteiger partial charge is 0.309 e. The van der Waals surface area contributed by atoms with E-state index in [4.69, 9.17) is 4.74 Å². The van der Waals surface area contributed by atoms with Crippen molar-refractivity contribution in [3.8, 4) is 0 Å². The van der Waals surface area contributed by atoms with E-state index >= 15 is 0 Å². The third-order valence-corrected chi connectivity index (χ3v) is 12.6. The van der Waals surface area contributed by atoms with Gasteiger partial charge in [0.1, 0.15) is 6.10 Å². The van der Waals surface area contributed by atoms with Crippen LogP contribution in [0.4, 0.5) is 0 Å². The third-order valence-electron chi connectivity index (χ3n) is 12.6. The summed E-state index contributed by atoms with van der Waals surface area (Å²) in [5, 5.41) is 22.1. The first-order valence-corrected chi connectivity index (χ1v) is 13.7. The van der Waals surface area contributed by atoms with Crippen LogP contribution >= 0.6 is 0 Å². The second-order valence-corrected chi connectivity index (χ2v) is 13.7. The van der Waals surface area contributed by atoms with Crippen LogP contribution in [0.3, 0.4) is 0 Å². The molecule has 1 saturated heterocycles. The molecular formula is C30H44O5. The Bertz CT molecular complexity index is 985. The van der Waals surface area contributed by atoms with Crippen molar-refractivity contribution in [2.45, 2.75) is 98.2 Å². The van der Waals surface area contributed by atoms with E-state index in [1.165, 1.54) is 0 Å². The molecule has 11 atom stereocenters. The lowest BCUT2D eigenvalue weighted by atomic mass is 9.33. The molecule has 5 nitrogen and oxygen atoms in total. The number of esters is 1. The van der Waals surface area contributed by atoms with E-state index in [9.17, 15) is 19.8 Å². The van der Waals surface area contributed by atoms with E-state index in [1.807, 2.05) is 0 Å². The van der Waals surface area contributed by atoms with Crippen LogP contribution in [-0.4, -0.2) is 34.4 Å². The Hall–Kier alpha value is -1.62.